The van der Waals surface area contributed by atoms with Crippen molar-refractivity contribution in [3.8, 4) is 0 Å². The zero-order chi connectivity index (χ0) is 17.6. The van der Waals surface area contributed by atoms with Crippen molar-refractivity contribution in [3.63, 3.8) is 0 Å². The van der Waals surface area contributed by atoms with E-state index in [9.17, 15) is 9.59 Å². The van der Waals surface area contributed by atoms with Gasteiger partial charge in [0.2, 0.25) is 5.91 Å². The summed E-state index contributed by atoms with van der Waals surface area (Å²) in [5.41, 5.74) is 1.54. The average Bonchev–Trinajstić information content (AvgIpc) is 3.16. The van der Waals surface area contributed by atoms with Gasteiger partial charge < -0.3 is 19.5 Å². The van der Waals surface area contributed by atoms with Gasteiger partial charge in [0.1, 0.15) is 12.0 Å². The van der Waals surface area contributed by atoms with Gasteiger partial charge in [-0.05, 0) is 31.4 Å². The summed E-state index contributed by atoms with van der Waals surface area (Å²) >= 11 is 0. The standard InChI is InChI=1S/C18H22N4O3/c1-11(23)21(2)16-10-25-17-7-19-15(6-14(16)17)18(24)20-13-5-12-3-4-22(8-12)9-13/h6-7,10,12-13H,3-5,8-9H2,1-2H3,(H,20,24)/t12-,13-/m1/s1. The molecule has 2 amide bonds. The number of anilines is 1. The monoisotopic (exact) mass is 342 g/mol. The minimum atomic E-state index is -0.174. The largest absolute Gasteiger partial charge is 0.460 e. The number of amides is 2. The van der Waals surface area contributed by atoms with Crippen LogP contribution < -0.4 is 10.2 Å². The highest BCUT2D eigenvalue weighted by Crippen LogP contribution is 2.29. The van der Waals surface area contributed by atoms with Gasteiger partial charge in [-0.3, -0.25) is 9.59 Å². The van der Waals surface area contributed by atoms with Crippen molar-refractivity contribution in [1.82, 2.24) is 15.2 Å². The Morgan fingerprint density at radius 1 is 1.40 bits per heavy atom. The number of hydrogen-bond donors (Lipinski definition) is 1. The summed E-state index contributed by atoms with van der Waals surface area (Å²) in [5, 5.41) is 3.82. The van der Waals surface area contributed by atoms with E-state index in [0.717, 1.165) is 26.1 Å². The van der Waals surface area contributed by atoms with Crippen molar-refractivity contribution in [2.75, 3.05) is 31.6 Å². The molecular formula is C18H22N4O3. The number of rotatable bonds is 3. The number of furan rings is 1. The molecule has 0 saturated carbocycles. The van der Waals surface area contributed by atoms with E-state index in [2.05, 4.69) is 15.2 Å². The molecule has 0 radical (unpaired) electrons. The van der Waals surface area contributed by atoms with Gasteiger partial charge in [0.25, 0.3) is 5.91 Å². The maximum absolute atomic E-state index is 12.6. The lowest BCUT2D eigenvalue weighted by molar-refractivity contribution is -0.116. The highest BCUT2D eigenvalue weighted by molar-refractivity contribution is 6.03. The number of hydrogen-bond acceptors (Lipinski definition) is 5. The molecule has 3 atom stereocenters. The third-order valence-corrected chi connectivity index (χ3v) is 5.31. The van der Waals surface area contributed by atoms with E-state index >= 15 is 0 Å². The van der Waals surface area contributed by atoms with Crippen LogP contribution in [0.15, 0.2) is 22.9 Å². The number of piperidine rings is 1. The number of carbonyl (C=O) groups excluding carboxylic acids is 2. The van der Waals surface area contributed by atoms with Gasteiger partial charge in [0.15, 0.2) is 5.58 Å². The van der Waals surface area contributed by atoms with Crippen LogP contribution in [0.3, 0.4) is 0 Å². The maximum atomic E-state index is 12.6. The summed E-state index contributed by atoms with van der Waals surface area (Å²) in [6.07, 6.45) is 5.32. The third kappa shape index (κ3) is 3.00. The van der Waals surface area contributed by atoms with Gasteiger partial charge in [-0.2, -0.15) is 0 Å². The first-order valence-electron chi connectivity index (χ1n) is 8.66. The molecule has 2 saturated heterocycles. The second-order valence-electron chi connectivity index (χ2n) is 7.09. The Balaban J connectivity index is 1.55. The highest BCUT2D eigenvalue weighted by Gasteiger charge is 2.33. The molecule has 7 heteroatoms. The maximum Gasteiger partial charge on any atom is 0.270 e. The molecule has 2 fully saturated rings. The fourth-order valence-electron chi connectivity index (χ4n) is 3.90. The molecule has 1 N–H and O–H groups in total. The minimum Gasteiger partial charge on any atom is -0.460 e. The molecule has 25 heavy (non-hydrogen) atoms. The Morgan fingerprint density at radius 3 is 3.00 bits per heavy atom. The zero-order valence-corrected chi connectivity index (χ0v) is 14.5. The van der Waals surface area contributed by atoms with Gasteiger partial charge in [0, 0.05) is 38.5 Å². The number of fused-ring (bicyclic) bond motifs is 3. The van der Waals surface area contributed by atoms with Crippen molar-refractivity contribution in [3.05, 3.63) is 24.2 Å². The van der Waals surface area contributed by atoms with E-state index in [1.54, 1.807) is 13.1 Å². The van der Waals surface area contributed by atoms with Crippen molar-refractivity contribution in [2.24, 2.45) is 5.92 Å². The summed E-state index contributed by atoms with van der Waals surface area (Å²) in [5.74, 6) is 0.420. The van der Waals surface area contributed by atoms with Crippen LogP contribution in [0.4, 0.5) is 5.69 Å². The van der Waals surface area contributed by atoms with Gasteiger partial charge in [-0.1, -0.05) is 0 Å². The number of pyridine rings is 1. The number of nitrogens with one attached hydrogen (secondary N) is 1. The molecular weight excluding hydrogens is 320 g/mol. The summed E-state index contributed by atoms with van der Waals surface area (Å²) in [4.78, 5) is 32.4. The van der Waals surface area contributed by atoms with Gasteiger partial charge in [-0.25, -0.2) is 4.98 Å². The molecule has 4 rings (SSSR count). The highest BCUT2D eigenvalue weighted by atomic mass is 16.3. The van der Waals surface area contributed by atoms with Gasteiger partial charge >= 0.3 is 0 Å². The molecule has 2 aliphatic heterocycles. The third-order valence-electron chi connectivity index (χ3n) is 5.31. The summed E-state index contributed by atoms with van der Waals surface area (Å²) in [6.45, 7) is 4.69. The van der Waals surface area contributed by atoms with Crippen molar-refractivity contribution >= 4 is 28.5 Å². The molecule has 132 valence electrons. The van der Waals surface area contributed by atoms with E-state index in [1.807, 2.05) is 0 Å². The zero-order valence-electron chi connectivity index (χ0n) is 14.5. The molecule has 2 aliphatic rings. The van der Waals surface area contributed by atoms with Crippen molar-refractivity contribution in [2.45, 2.75) is 25.8 Å². The molecule has 2 aromatic heterocycles. The smallest absolute Gasteiger partial charge is 0.270 e. The van der Waals surface area contributed by atoms with Crippen molar-refractivity contribution in [1.29, 1.82) is 0 Å². The second-order valence-corrected chi connectivity index (χ2v) is 7.09. The summed E-state index contributed by atoms with van der Waals surface area (Å²) in [6, 6.07) is 1.87. The summed E-state index contributed by atoms with van der Waals surface area (Å²) in [7, 11) is 1.68. The quantitative estimate of drug-likeness (QED) is 0.917. The van der Waals surface area contributed by atoms with E-state index in [0.29, 0.717) is 28.3 Å². The second kappa shape index (κ2) is 6.15. The predicted octanol–water partition coefficient (Wildman–Crippen LogP) is 1.63. The van der Waals surface area contributed by atoms with Gasteiger partial charge in [0.05, 0.1) is 11.9 Å². The first kappa shape index (κ1) is 16.1. The van der Waals surface area contributed by atoms with E-state index < -0.39 is 0 Å². The Bertz CT molecular complexity index is 819. The Kier molecular flexibility index (Phi) is 3.95. The number of nitrogens with zero attached hydrogens (tertiary/aromatic N) is 3. The minimum absolute atomic E-state index is 0.0998. The van der Waals surface area contributed by atoms with E-state index in [1.165, 1.54) is 30.7 Å². The first-order chi connectivity index (χ1) is 12.0. The van der Waals surface area contributed by atoms with Crippen LogP contribution in [-0.4, -0.2) is 54.4 Å². The Labute approximate surface area is 146 Å². The number of aromatic nitrogens is 1. The Morgan fingerprint density at radius 2 is 2.24 bits per heavy atom. The molecule has 4 heterocycles. The van der Waals surface area contributed by atoms with Crippen LogP contribution in [0.25, 0.3) is 11.0 Å². The topological polar surface area (TPSA) is 78.7 Å². The molecule has 0 spiro atoms. The normalized spacial score (nSPS) is 25.1. The molecule has 2 bridgehead atoms. The van der Waals surface area contributed by atoms with Crippen LogP contribution in [0.1, 0.15) is 30.3 Å². The average molecular weight is 342 g/mol. The fraction of sp³-hybridized carbons (Fsp3) is 0.500. The molecule has 2 aromatic rings. The van der Waals surface area contributed by atoms with Crippen LogP contribution in [0.5, 0.6) is 0 Å². The molecule has 1 unspecified atom stereocenters. The summed E-state index contributed by atoms with van der Waals surface area (Å²) < 4.78 is 5.45. The molecule has 0 aromatic carbocycles. The van der Waals surface area contributed by atoms with Gasteiger partial charge in [-0.15, -0.1) is 0 Å². The number of carbonyl (C=O) groups is 2. The van der Waals surface area contributed by atoms with Crippen LogP contribution in [0.2, 0.25) is 0 Å². The van der Waals surface area contributed by atoms with E-state index in [-0.39, 0.29) is 17.9 Å². The van der Waals surface area contributed by atoms with Crippen LogP contribution in [-0.2, 0) is 4.79 Å². The van der Waals surface area contributed by atoms with Crippen molar-refractivity contribution < 1.29 is 14.0 Å². The Hall–Kier alpha value is -2.41. The van der Waals surface area contributed by atoms with Crippen LogP contribution in [0, 0.1) is 5.92 Å². The SMILES string of the molecule is CC(=O)N(C)c1coc2cnc(C(=O)N[C@@H]3C[C@H]4CCN(C4)C3)cc12. The predicted molar refractivity (Wildman–Crippen MR) is 93.5 cm³/mol. The molecule has 0 aliphatic carbocycles. The lowest BCUT2D eigenvalue weighted by Crippen LogP contribution is -2.47. The lowest BCUT2D eigenvalue weighted by atomic mass is 9.97. The fourth-order valence-corrected chi connectivity index (χ4v) is 3.90. The van der Waals surface area contributed by atoms with Crippen LogP contribution >= 0.6 is 0 Å². The molecule has 7 nitrogen and oxygen atoms in total. The first-order valence-corrected chi connectivity index (χ1v) is 8.66. The van der Waals surface area contributed by atoms with E-state index in [4.69, 9.17) is 4.42 Å². The lowest BCUT2D eigenvalue weighted by Gasteiger charge is -2.30.